The Balaban J connectivity index is 0.00000288. The Labute approximate surface area is 150 Å². The highest BCUT2D eigenvalue weighted by Gasteiger charge is 2.25. The van der Waals surface area contributed by atoms with E-state index in [1.165, 1.54) is 18.6 Å². The average Bonchev–Trinajstić information content (AvgIpc) is 2.56. The lowest BCUT2D eigenvalue weighted by Crippen LogP contribution is -2.49. The minimum absolute atomic E-state index is 0. The van der Waals surface area contributed by atoms with Crippen molar-refractivity contribution in [1.29, 1.82) is 0 Å². The van der Waals surface area contributed by atoms with Gasteiger partial charge in [0.15, 0.2) is 0 Å². The van der Waals surface area contributed by atoms with Crippen LogP contribution in [0.2, 0.25) is 0 Å². The molecule has 2 rings (SSSR count). The fourth-order valence-corrected chi connectivity index (χ4v) is 3.30. The van der Waals surface area contributed by atoms with Crippen molar-refractivity contribution in [3.63, 3.8) is 0 Å². The van der Waals surface area contributed by atoms with Crippen LogP contribution in [0.4, 0.5) is 4.39 Å². The van der Waals surface area contributed by atoms with Gasteiger partial charge in [-0.15, -0.1) is 12.4 Å². The van der Waals surface area contributed by atoms with Crippen LogP contribution in [-0.4, -0.2) is 55.0 Å². The maximum absolute atomic E-state index is 13.1. The first-order chi connectivity index (χ1) is 11.0. The van der Waals surface area contributed by atoms with Crippen molar-refractivity contribution in [3.8, 4) is 0 Å². The number of piperidine rings is 1. The predicted molar refractivity (Wildman–Crippen MR) is 98.0 cm³/mol. The summed E-state index contributed by atoms with van der Waals surface area (Å²) in [6.45, 7) is 7.00. The minimum Gasteiger partial charge on any atom is -0.335 e. The fraction of sp³-hybridized carbons (Fsp3) is 0.611. The monoisotopic (exact) mass is 357 g/mol. The normalized spacial score (nSPS) is 19.4. The van der Waals surface area contributed by atoms with Crippen LogP contribution >= 0.6 is 12.4 Å². The second-order valence-electron chi connectivity index (χ2n) is 6.27. The number of likely N-dealkylation sites (N-methyl/N-ethyl adjacent to an activating group) is 2. The van der Waals surface area contributed by atoms with Gasteiger partial charge in [0.25, 0.3) is 0 Å². The number of carbonyl (C=O) groups is 1. The van der Waals surface area contributed by atoms with Gasteiger partial charge in [0.05, 0.1) is 12.6 Å². The summed E-state index contributed by atoms with van der Waals surface area (Å²) in [5, 5.41) is 3.30. The van der Waals surface area contributed by atoms with Crippen molar-refractivity contribution in [2.45, 2.75) is 38.8 Å². The van der Waals surface area contributed by atoms with E-state index in [2.05, 4.69) is 10.2 Å². The molecule has 1 aromatic rings. The van der Waals surface area contributed by atoms with E-state index in [0.717, 1.165) is 25.1 Å². The number of likely N-dealkylation sites (tertiary alicyclic amines) is 1. The van der Waals surface area contributed by atoms with Gasteiger partial charge in [-0.1, -0.05) is 12.1 Å². The Hall–Kier alpha value is -1.17. The second kappa shape index (κ2) is 9.97. The molecule has 1 fully saturated rings. The summed E-state index contributed by atoms with van der Waals surface area (Å²) < 4.78 is 13.1. The number of hydrogen-bond acceptors (Lipinski definition) is 3. The Bertz CT molecular complexity index is 511. The summed E-state index contributed by atoms with van der Waals surface area (Å²) in [6, 6.07) is 6.85. The third kappa shape index (κ3) is 5.43. The zero-order valence-corrected chi connectivity index (χ0v) is 15.6. The maximum Gasteiger partial charge on any atom is 0.237 e. The van der Waals surface area contributed by atoms with Crippen LogP contribution in [0.3, 0.4) is 0 Å². The molecule has 2 atom stereocenters. The molecule has 0 radical (unpaired) electrons. The number of hydrogen-bond donors (Lipinski definition) is 1. The SMILES string of the molecule is CCN(C(=O)CN1CCCC(NC)C1)C(C)c1ccc(F)cc1.Cl. The number of rotatable bonds is 6. The number of halogens is 2. The van der Waals surface area contributed by atoms with E-state index in [0.29, 0.717) is 19.1 Å². The summed E-state index contributed by atoms with van der Waals surface area (Å²) in [4.78, 5) is 16.8. The van der Waals surface area contributed by atoms with E-state index >= 15 is 0 Å². The zero-order valence-electron chi connectivity index (χ0n) is 14.8. The molecule has 136 valence electrons. The molecule has 4 nitrogen and oxygen atoms in total. The average molecular weight is 358 g/mol. The third-order valence-corrected chi connectivity index (χ3v) is 4.75. The summed E-state index contributed by atoms with van der Waals surface area (Å²) in [7, 11) is 1.98. The topological polar surface area (TPSA) is 35.6 Å². The van der Waals surface area contributed by atoms with Gasteiger partial charge in [-0.2, -0.15) is 0 Å². The lowest BCUT2D eigenvalue weighted by Gasteiger charge is -2.35. The van der Waals surface area contributed by atoms with Gasteiger partial charge in [0, 0.05) is 19.1 Å². The minimum atomic E-state index is -0.248. The number of amides is 1. The third-order valence-electron chi connectivity index (χ3n) is 4.75. The van der Waals surface area contributed by atoms with Crippen molar-refractivity contribution in [1.82, 2.24) is 15.1 Å². The first kappa shape index (κ1) is 20.9. The summed E-state index contributed by atoms with van der Waals surface area (Å²) in [6.07, 6.45) is 2.29. The van der Waals surface area contributed by atoms with E-state index in [1.54, 1.807) is 12.1 Å². The number of nitrogens with one attached hydrogen (secondary N) is 1. The molecule has 0 aromatic heterocycles. The predicted octanol–water partition coefficient (Wildman–Crippen LogP) is 2.84. The van der Waals surface area contributed by atoms with E-state index < -0.39 is 0 Å². The lowest BCUT2D eigenvalue weighted by molar-refractivity contribution is -0.134. The molecule has 1 aromatic carbocycles. The molecule has 0 spiro atoms. The highest BCUT2D eigenvalue weighted by atomic mass is 35.5. The van der Waals surface area contributed by atoms with Crippen molar-refractivity contribution in [2.24, 2.45) is 0 Å². The van der Waals surface area contributed by atoms with E-state index in [1.807, 2.05) is 25.8 Å². The zero-order chi connectivity index (χ0) is 16.8. The van der Waals surface area contributed by atoms with Gasteiger partial charge in [-0.25, -0.2) is 4.39 Å². The van der Waals surface area contributed by atoms with Crippen LogP contribution in [-0.2, 0) is 4.79 Å². The van der Waals surface area contributed by atoms with Crippen LogP contribution in [0.25, 0.3) is 0 Å². The molecular weight excluding hydrogens is 329 g/mol. The molecule has 2 unspecified atom stereocenters. The van der Waals surface area contributed by atoms with Gasteiger partial charge < -0.3 is 10.2 Å². The molecule has 1 amide bonds. The van der Waals surface area contributed by atoms with Crippen molar-refractivity contribution >= 4 is 18.3 Å². The number of nitrogens with zero attached hydrogens (tertiary/aromatic N) is 2. The Morgan fingerprint density at radius 2 is 2.08 bits per heavy atom. The van der Waals surface area contributed by atoms with E-state index in [9.17, 15) is 9.18 Å². The molecule has 0 aliphatic carbocycles. The van der Waals surface area contributed by atoms with Gasteiger partial charge >= 0.3 is 0 Å². The second-order valence-corrected chi connectivity index (χ2v) is 6.27. The van der Waals surface area contributed by atoms with Crippen molar-refractivity contribution < 1.29 is 9.18 Å². The van der Waals surface area contributed by atoms with Gasteiger partial charge in [0.1, 0.15) is 5.82 Å². The summed E-state index contributed by atoms with van der Waals surface area (Å²) in [5.74, 6) is -0.108. The number of carbonyl (C=O) groups excluding carboxylic acids is 1. The summed E-state index contributed by atoms with van der Waals surface area (Å²) in [5.41, 5.74) is 0.966. The summed E-state index contributed by atoms with van der Waals surface area (Å²) >= 11 is 0. The fourth-order valence-electron chi connectivity index (χ4n) is 3.30. The molecule has 1 N–H and O–H groups in total. The van der Waals surface area contributed by atoms with Crippen LogP contribution in [0.1, 0.15) is 38.3 Å². The molecule has 0 bridgehead atoms. The van der Waals surface area contributed by atoms with Crippen molar-refractivity contribution in [3.05, 3.63) is 35.6 Å². The maximum atomic E-state index is 13.1. The molecule has 1 aliphatic heterocycles. The van der Waals surface area contributed by atoms with Gasteiger partial charge in [0.2, 0.25) is 5.91 Å². The Morgan fingerprint density at radius 1 is 1.42 bits per heavy atom. The number of benzene rings is 1. The van der Waals surface area contributed by atoms with Crippen molar-refractivity contribution in [2.75, 3.05) is 33.2 Å². The van der Waals surface area contributed by atoms with Crippen LogP contribution in [0, 0.1) is 5.82 Å². The molecule has 0 saturated carbocycles. The standard InChI is InChI=1S/C18H28FN3O.ClH/c1-4-22(14(2)15-7-9-16(19)10-8-15)18(23)13-21-11-5-6-17(12-21)20-3;/h7-10,14,17,20H,4-6,11-13H2,1-3H3;1H. The van der Waals surface area contributed by atoms with Crippen LogP contribution in [0.15, 0.2) is 24.3 Å². The molecule has 1 saturated heterocycles. The molecular formula is C18H29ClFN3O. The Morgan fingerprint density at radius 3 is 2.67 bits per heavy atom. The van der Waals surface area contributed by atoms with E-state index in [4.69, 9.17) is 0 Å². The Kier molecular flexibility index (Phi) is 8.67. The van der Waals surface area contributed by atoms with Gasteiger partial charge in [-0.05, 0) is 58.0 Å². The first-order valence-electron chi connectivity index (χ1n) is 8.49. The highest BCUT2D eigenvalue weighted by Crippen LogP contribution is 2.21. The largest absolute Gasteiger partial charge is 0.335 e. The molecule has 1 aliphatic rings. The van der Waals surface area contributed by atoms with Gasteiger partial charge in [-0.3, -0.25) is 9.69 Å². The van der Waals surface area contributed by atoms with E-state index in [-0.39, 0.29) is 30.2 Å². The molecule has 1 heterocycles. The van der Waals surface area contributed by atoms with Crippen LogP contribution < -0.4 is 5.32 Å². The highest BCUT2D eigenvalue weighted by molar-refractivity contribution is 5.85. The smallest absolute Gasteiger partial charge is 0.237 e. The quantitative estimate of drug-likeness (QED) is 0.850. The first-order valence-corrected chi connectivity index (χ1v) is 8.49. The van der Waals surface area contributed by atoms with Crippen LogP contribution in [0.5, 0.6) is 0 Å². The molecule has 6 heteroatoms. The molecule has 24 heavy (non-hydrogen) atoms. The lowest BCUT2D eigenvalue weighted by atomic mass is 10.1.